The number of aryl methyl sites for hydroxylation is 2. The van der Waals surface area contributed by atoms with Crippen LogP contribution in [0.2, 0.25) is 0 Å². The van der Waals surface area contributed by atoms with E-state index >= 15 is 0 Å². The molecule has 0 spiro atoms. The Balaban J connectivity index is 1.57. The fourth-order valence-electron chi connectivity index (χ4n) is 4.77. The average molecular weight is 463 g/mol. The Morgan fingerprint density at radius 1 is 0.968 bits per heavy atom. The lowest BCUT2D eigenvalue weighted by atomic mass is 9.97. The molecule has 1 aliphatic heterocycles. The summed E-state index contributed by atoms with van der Waals surface area (Å²) in [5, 5.41) is 2.11. The van der Waals surface area contributed by atoms with Crippen molar-refractivity contribution in [2.24, 2.45) is 0 Å². The molecule has 0 unspecified atom stereocenters. The van der Waals surface area contributed by atoms with Gasteiger partial charge in [0.15, 0.2) is 5.16 Å². The van der Waals surface area contributed by atoms with E-state index in [2.05, 4.69) is 70.2 Å². The first-order chi connectivity index (χ1) is 15.3. The van der Waals surface area contributed by atoms with Crippen molar-refractivity contribution in [2.45, 2.75) is 47.0 Å². The monoisotopic (exact) mass is 462 g/mol. The molecule has 0 saturated carbocycles. The minimum Gasteiger partial charge on any atom is -0.303 e. The van der Waals surface area contributed by atoms with Crippen molar-refractivity contribution in [2.75, 3.05) is 5.75 Å². The average Bonchev–Trinajstić information content (AvgIpc) is 3.21. The summed E-state index contributed by atoms with van der Waals surface area (Å²) in [5.74, 6) is 0.933. The number of thioether (sulfide) groups is 2. The first kappa shape index (κ1) is 19.6. The highest BCUT2D eigenvalue weighted by Crippen LogP contribution is 2.46. The van der Waals surface area contributed by atoms with Gasteiger partial charge in [-0.3, -0.25) is 4.79 Å². The smallest absolute Gasteiger partial charge is 0.282 e. The molecule has 2 atom stereocenters. The largest absolute Gasteiger partial charge is 0.303 e. The summed E-state index contributed by atoms with van der Waals surface area (Å²) in [6, 6.07) is 21.6. The molecule has 4 aromatic rings. The van der Waals surface area contributed by atoms with Crippen molar-refractivity contribution in [3.05, 3.63) is 87.0 Å². The van der Waals surface area contributed by atoms with E-state index in [1.54, 1.807) is 11.8 Å². The van der Waals surface area contributed by atoms with Gasteiger partial charge < -0.3 is 4.57 Å². The molecule has 3 nitrogen and oxygen atoms in total. The Hall–Kier alpha value is -2.02. The van der Waals surface area contributed by atoms with Crippen LogP contribution >= 0.6 is 34.9 Å². The van der Waals surface area contributed by atoms with Gasteiger partial charge >= 0.3 is 0 Å². The molecule has 6 heteroatoms. The van der Waals surface area contributed by atoms with Gasteiger partial charge in [0, 0.05) is 20.8 Å². The lowest BCUT2D eigenvalue weighted by Crippen LogP contribution is -2.32. The van der Waals surface area contributed by atoms with Crippen LogP contribution < -0.4 is 5.56 Å². The molecule has 0 N–H and O–H groups in total. The maximum Gasteiger partial charge on any atom is 0.282 e. The van der Waals surface area contributed by atoms with Gasteiger partial charge in [0.1, 0.15) is 4.83 Å². The third kappa shape index (κ3) is 3.45. The standard InChI is InChI=1S/C25H22N2OS3/c28-23-21-18-13-7-8-14-19(18)31-24(21)27-22(16-9-3-1-4-10-16)20(15-29-25(27)26-23)30-17-11-5-2-6-12-17/h1-6,9-12,20,22H,7-8,13-15H2/t20-,22-/m1/s1. The number of nitrogens with zero attached hydrogens (tertiary/aromatic N) is 2. The minimum absolute atomic E-state index is 0.0332. The van der Waals surface area contributed by atoms with E-state index in [9.17, 15) is 4.79 Å². The molecule has 2 aromatic heterocycles. The summed E-state index contributed by atoms with van der Waals surface area (Å²) in [5.41, 5.74) is 2.53. The van der Waals surface area contributed by atoms with Gasteiger partial charge in [0.2, 0.25) is 0 Å². The Morgan fingerprint density at radius 2 is 1.71 bits per heavy atom. The first-order valence-electron chi connectivity index (χ1n) is 10.8. The van der Waals surface area contributed by atoms with Gasteiger partial charge in [-0.15, -0.1) is 23.1 Å². The maximum absolute atomic E-state index is 13.1. The second-order valence-electron chi connectivity index (χ2n) is 8.10. The van der Waals surface area contributed by atoms with Crippen LogP contribution in [0, 0.1) is 0 Å². The van der Waals surface area contributed by atoms with Gasteiger partial charge in [-0.1, -0.05) is 60.3 Å². The molecule has 3 heterocycles. The van der Waals surface area contributed by atoms with E-state index in [0.717, 1.165) is 34.0 Å². The molecule has 0 radical (unpaired) electrons. The third-order valence-corrected chi connectivity index (χ3v) is 10.0. The Bertz CT molecular complexity index is 1300. The van der Waals surface area contributed by atoms with Crippen LogP contribution in [0.15, 0.2) is 75.5 Å². The van der Waals surface area contributed by atoms with E-state index in [1.807, 2.05) is 23.1 Å². The molecule has 0 fully saturated rings. The fourth-order valence-corrected chi connectivity index (χ4v) is 8.78. The highest BCUT2D eigenvalue weighted by Gasteiger charge is 2.35. The lowest BCUT2D eigenvalue weighted by molar-refractivity contribution is 0.526. The number of hydrogen-bond donors (Lipinski definition) is 0. The van der Waals surface area contributed by atoms with Crippen LogP contribution in [0.25, 0.3) is 10.2 Å². The van der Waals surface area contributed by atoms with Gasteiger partial charge in [-0.25, -0.2) is 0 Å². The molecular formula is C25H22N2OS3. The fraction of sp³-hybridized carbons (Fsp3) is 0.280. The number of fused-ring (bicyclic) bond motifs is 5. The van der Waals surface area contributed by atoms with Gasteiger partial charge in [0.05, 0.1) is 11.4 Å². The van der Waals surface area contributed by atoms with E-state index in [4.69, 9.17) is 0 Å². The SMILES string of the molecule is O=c1nc2n(c3sc4c(c13)CCCC4)[C@H](c1ccccc1)[C@H](Sc1ccccc1)CS2. The second-order valence-corrected chi connectivity index (χ2v) is 11.5. The van der Waals surface area contributed by atoms with Crippen LogP contribution in [0.1, 0.15) is 34.9 Å². The third-order valence-electron chi connectivity index (χ3n) is 6.17. The van der Waals surface area contributed by atoms with Crippen LogP contribution in [0.5, 0.6) is 0 Å². The summed E-state index contributed by atoms with van der Waals surface area (Å²) in [6.45, 7) is 0. The normalized spacial score (nSPS) is 20.4. The molecule has 0 amide bonds. The van der Waals surface area contributed by atoms with E-state index in [1.165, 1.54) is 33.7 Å². The highest BCUT2D eigenvalue weighted by atomic mass is 32.2. The number of hydrogen-bond acceptors (Lipinski definition) is 5. The Labute approximate surface area is 193 Å². The molecule has 2 aliphatic rings. The second kappa shape index (κ2) is 8.15. The van der Waals surface area contributed by atoms with Crippen molar-refractivity contribution < 1.29 is 0 Å². The number of aromatic nitrogens is 2. The first-order valence-corrected chi connectivity index (χ1v) is 13.4. The zero-order chi connectivity index (χ0) is 20.8. The number of rotatable bonds is 3. The molecule has 0 saturated heterocycles. The zero-order valence-corrected chi connectivity index (χ0v) is 19.4. The Morgan fingerprint density at radius 3 is 2.52 bits per heavy atom. The van der Waals surface area contributed by atoms with Crippen LogP contribution in [0.4, 0.5) is 0 Å². The molecular weight excluding hydrogens is 440 g/mol. The van der Waals surface area contributed by atoms with Crippen molar-refractivity contribution in [3.63, 3.8) is 0 Å². The maximum atomic E-state index is 13.1. The van der Waals surface area contributed by atoms with Crippen LogP contribution in [-0.4, -0.2) is 20.6 Å². The summed E-state index contributed by atoms with van der Waals surface area (Å²) < 4.78 is 2.39. The van der Waals surface area contributed by atoms with E-state index in [-0.39, 0.29) is 11.6 Å². The van der Waals surface area contributed by atoms with E-state index in [0.29, 0.717) is 5.25 Å². The van der Waals surface area contributed by atoms with Crippen LogP contribution in [-0.2, 0) is 12.8 Å². The summed E-state index contributed by atoms with van der Waals surface area (Å²) in [6.07, 6.45) is 4.49. The molecule has 1 aliphatic carbocycles. The van der Waals surface area contributed by atoms with Crippen molar-refractivity contribution in [1.82, 2.24) is 9.55 Å². The highest BCUT2D eigenvalue weighted by molar-refractivity contribution is 8.03. The number of thiophene rings is 1. The van der Waals surface area contributed by atoms with Crippen molar-refractivity contribution >= 4 is 45.1 Å². The van der Waals surface area contributed by atoms with Gasteiger partial charge in [0.25, 0.3) is 5.56 Å². The molecule has 156 valence electrons. The Kier molecular flexibility index (Phi) is 5.17. The predicted octanol–water partition coefficient (Wildman–Crippen LogP) is 6.19. The quantitative estimate of drug-likeness (QED) is 0.340. The van der Waals surface area contributed by atoms with Gasteiger partial charge in [-0.2, -0.15) is 4.98 Å². The van der Waals surface area contributed by atoms with Gasteiger partial charge in [-0.05, 0) is 48.9 Å². The predicted molar refractivity (Wildman–Crippen MR) is 132 cm³/mol. The summed E-state index contributed by atoms with van der Waals surface area (Å²) in [4.78, 5) is 21.5. The van der Waals surface area contributed by atoms with E-state index < -0.39 is 0 Å². The van der Waals surface area contributed by atoms with Crippen molar-refractivity contribution in [3.8, 4) is 0 Å². The lowest BCUT2D eigenvalue weighted by Gasteiger charge is -2.35. The van der Waals surface area contributed by atoms with Crippen molar-refractivity contribution in [1.29, 1.82) is 0 Å². The molecule has 0 bridgehead atoms. The topological polar surface area (TPSA) is 34.9 Å². The molecule has 6 rings (SSSR count). The summed E-state index contributed by atoms with van der Waals surface area (Å²) >= 11 is 5.50. The molecule has 31 heavy (non-hydrogen) atoms. The minimum atomic E-state index is -0.0332. The van der Waals surface area contributed by atoms with Crippen LogP contribution in [0.3, 0.4) is 0 Å². The molecule has 2 aromatic carbocycles. The number of benzene rings is 2. The summed E-state index contributed by atoms with van der Waals surface area (Å²) in [7, 11) is 0. The zero-order valence-electron chi connectivity index (χ0n) is 17.0.